The highest BCUT2D eigenvalue weighted by molar-refractivity contribution is 6.01. The molecule has 2 heterocycles. The Kier molecular flexibility index (Phi) is 14.9. The normalized spacial score (nSPS) is 11.1. The zero-order chi connectivity index (χ0) is 36.9. The molecule has 0 radical (unpaired) electrons. The molecule has 0 aliphatic rings. The van der Waals surface area contributed by atoms with Crippen molar-refractivity contribution in [3.63, 3.8) is 0 Å². The summed E-state index contributed by atoms with van der Waals surface area (Å²) >= 11 is 0. The molecule has 0 saturated heterocycles. The van der Waals surface area contributed by atoms with Crippen molar-refractivity contribution in [1.82, 2.24) is 15.3 Å². The molecule has 0 bridgehead atoms. The second kappa shape index (κ2) is 17.6. The third-order valence-electron chi connectivity index (χ3n) is 5.59. The van der Waals surface area contributed by atoms with E-state index in [9.17, 15) is 35.9 Å². The number of benzene rings is 1. The molecule has 3 rings (SSSR count). The van der Waals surface area contributed by atoms with Gasteiger partial charge in [-0.1, -0.05) is 13.0 Å². The number of halogens is 6. The summed E-state index contributed by atoms with van der Waals surface area (Å²) in [6.45, 7) is 7.99. The lowest BCUT2D eigenvalue weighted by molar-refractivity contribution is -0.193. The molecule has 0 aliphatic heterocycles. The second-order valence-corrected chi connectivity index (χ2v) is 10.4. The Labute approximate surface area is 270 Å². The first-order valence-electron chi connectivity index (χ1n) is 13.7. The van der Waals surface area contributed by atoms with E-state index in [0.29, 0.717) is 42.0 Å². The van der Waals surface area contributed by atoms with Crippen LogP contribution in [0.2, 0.25) is 0 Å². The van der Waals surface area contributed by atoms with Crippen LogP contribution in [-0.4, -0.2) is 69.1 Å². The molecule has 0 saturated carbocycles. The number of carboxylic acid groups (broad SMARTS) is 2. The topological polar surface area (TPSA) is 180 Å². The van der Waals surface area contributed by atoms with Crippen LogP contribution in [0.3, 0.4) is 0 Å². The number of nitrogens with zero attached hydrogens (tertiary/aromatic N) is 1. The lowest BCUT2D eigenvalue weighted by Gasteiger charge is -2.19. The van der Waals surface area contributed by atoms with Crippen molar-refractivity contribution in [2.75, 3.05) is 12.4 Å². The molecule has 0 fully saturated rings. The van der Waals surface area contributed by atoms with Crippen LogP contribution in [0.25, 0.3) is 0 Å². The Morgan fingerprint density at radius 2 is 1.44 bits per heavy atom. The molecule has 264 valence electrons. The van der Waals surface area contributed by atoms with Crippen molar-refractivity contribution < 1.29 is 65.2 Å². The number of aromatic nitrogens is 2. The van der Waals surface area contributed by atoms with Gasteiger partial charge in [-0.2, -0.15) is 26.3 Å². The first-order chi connectivity index (χ1) is 22.1. The molecule has 2 aromatic heterocycles. The molecule has 0 unspecified atom stereocenters. The van der Waals surface area contributed by atoms with Gasteiger partial charge in [-0.15, -0.1) is 0 Å². The number of aliphatic carboxylic acids is 2. The number of carboxylic acids is 2. The van der Waals surface area contributed by atoms with Gasteiger partial charge in [0.05, 0.1) is 19.2 Å². The van der Waals surface area contributed by atoms with E-state index in [2.05, 4.69) is 20.6 Å². The van der Waals surface area contributed by atoms with E-state index >= 15 is 0 Å². The highest BCUT2D eigenvalue weighted by Crippen LogP contribution is 2.25. The number of anilines is 1. The molecular weight excluding hydrogens is 658 g/mol. The van der Waals surface area contributed by atoms with E-state index in [1.54, 1.807) is 19.5 Å². The maximum absolute atomic E-state index is 13.3. The molecule has 5 N–H and O–H groups in total. The number of aromatic amines is 1. The number of ether oxygens (including phenoxy) is 2. The van der Waals surface area contributed by atoms with Crippen LogP contribution in [0, 0.1) is 0 Å². The Balaban J connectivity index is 0.000000687. The number of rotatable bonds is 9. The van der Waals surface area contributed by atoms with Crippen LogP contribution in [0.15, 0.2) is 48.8 Å². The Morgan fingerprint density at radius 3 is 1.85 bits per heavy atom. The van der Waals surface area contributed by atoms with Gasteiger partial charge in [0.1, 0.15) is 17.0 Å². The van der Waals surface area contributed by atoms with Crippen molar-refractivity contribution in [3.8, 4) is 5.75 Å². The van der Waals surface area contributed by atoms with Crippen molar-refractivity contribution in [2.45, 2.75) is 65.2 Å². The summed E-state index contributed by atoms with van der Waals surface area (Å²) in [5.41, 5.74) is 3.08. The van der Waals surface area contributed by atoms with E-state index in [0.717, 1.165) is 17.0 Å². The van der Waals surface area contributed by atoms with Crippen LogP contribution in [-0.2, 0) is 33.8 Å². The number of pyridine rings is 1. The molecule has 0 aliphatic carbocycles. The van der Waals surface area contributed by atoms with Crippen LogP contribution in [0.5, 0.6) is 5.75 Å². The number of H-pyrrole nitrogens is 1. The van der Waals surface area contributed by atoms with Crippen molar-refractivity contribution in [2.24, 2.45) is 0 Å². The summed E-state index contributed by atoms with van der Waals surface area (Å²) in [5.74, 6) is -5.51. The minimum absolute atomic E-state index is 0.265. The van der Waals surface area contributed by atoms with E-state index in [1.807, 2.05) is 64.1 Å². The predicted molar refractivity (Wildman–Crippen MR) is 158 cm³/mol. The van der Waals surface area contributed by atoms with Gasteiger partial charge in [0.2, 0.25) is 0 Å². The van der Waals surface area contributed by atoms with Crippen LogP contribution >= 0.6 is 0 Å². The van der Waals surface area contributed by atoms with Crippen molar-refractivity contribution in [3.05, 3.63) is 76.9 Å². The molecule has 1 amide bonds. The fourth-order valence-corrected chi connectivity index (χ4v) is 3.53. The third kappa shape index (κ3) is 14.0. The number of amides is 1. The summed E-state index contributed by atoms with van der Waals surface area (Å²) < 4.78 is 74.3. The van der Waals surface area contributed by atoms with Gasteiger partial charge in [-0.3, -0.25) is 9.78 Å². The maximum atomic E-state index is 13.3. The summed E-state index contributed by atoms with van der Waals surface area (Å²) in [6.07, 6.45) is -6.29. The molecule has 1 aromatic carbocycles. The largest absolute Gasteiger partial charge is 0.497 e. The molecule has 0 atom stereocenters. The lowest BCUT2D eigenvalue weighted by atomic mass is 10.0. The average Bonchev–Trinajstić information content (AvgIpc) is 3.37. The molecule has 0 spiro atoms. The first kappa shape index (κ1) is 40.7. The van der Waals surface area contributed by atoms with Crippen LogP contribution in [0.1, 0.15) is 65.4 Å². The highest BCUT2D eigenvalue weighted by atomic mass is 19.4. The monoisotopic (exact) mass is 692 g/mol. The number of esters is 1. The Bertz CT molecular complexity index is 1490. The first-order valence-corrected chi connectivity index (χ1v) is 13.7. The fourth-order valence-electron chi connectivity index (χ4n) is 3.53. The molecule has 18 heteroatoms. The Morgan fingerprint density at radius 1 is 0.896 bits per heavy atom. The Hall–Kier alpha value is -5.29. The zero-order valence-corrected chi connectivity index (χ0v) is 26.3. The van der Waals surface area contributed by atoms with Crippen LogP contribution in [0.4, 0.5) is 32.0 Å². The number of hydrogen-bond donors (Lipinski definition) is 5. The summed E-state index contributed by atoms with van der Waals surface area (Å²) in [4.78, 5) is 51.2. The smallest absolute Gasteiger partial charge is 0.490 e. The molecule has 48 heavy (non-hydrogen) atoms. The molecular formula is C30H34F6N4O8. The lowest BCUT2D eigenvalue weighted by Crippen LogP contribution is -2.26. The number of hydrogen-bond acceptors (Lipinski definition) is 8. The van der Waals surface area contributed by atoms with E-state index < -0.39 is 35.9 Å². The third-order valence-corrected chi connectivity index (χ3v) is 5.59. The maximum Gasteiger partial charge on any atom is 0.490 e. The van der Waals surface area contributed by atoms with Crippen molar-refractivity contribution >= 4 is 29.5 Å². The number of carbonyl (C=O) groups is 4. The summed E-state index contributed by atoms with van der Waals surface area (Å²) in [7, 11) is 1.61. The van der Waals surface area contributed by atoms with Crippen LogP contribution < -0.4 is 15.4 Å². The zero-order valence-electron chi connectivity index (χ0n) is 26.3. The van der Waals surface area contributed by atoms with Gasteiger partial charge in [0.15, 0.2) is 0 Å². The molecule has 3 aromatic rings. The van der Waals surface area contributed by atoms with Gasteiger partial charge in [-0.05, 0) is 68.7 Å². The van der Waals surface area contributed by atoms with Gasteiger partial charge < -0.3 is 35.3 Å². The van der Waals surface area contributed by atoms with Gasteiger partial charge in [0.25, 0.3) is 5.91 Å². The van der Waals surface area contributed by atoms with Gasteiger partial charge in [-0.25, -0.2) is 14.4 Å². The quantitative estimate of drug-likeness (QED) is 0.137. The van der Waals surface area contributed by atoms with E-state index in [1.165, 1.54) is 0 Å². The standard InChI is InChI=1S/C26H32N4O4.2C2HF3O2/c1-6-20-22(24(31)29-15-17-8-7-13-27-14-17)21(30-23(20)25(32)34-26(2,3)4)16-28-18-9-11-19(33-5)12-10-18;2*3-2(4,5)1(6)7/h7-14,28,30H,6,15-16H2,1-5H3,(H,29,31);2*(H,6,7). The highest BCUT2D eigenvalue weighted by Gasteiger charge is 2.39. The minimum atomic E-state index is -5.08. The average molecular weight is 693 g/mol. The second-order valence-electron chi connectivity index (χ2n) is 10.4. The summed E-state index contributed by atoms with van der Waals surface area (Å²) in [5, 5.41) is 20.5. The number of nitrogens with one attached hydrogen (secondary N) is 3. The van der Waals surface area contributed by atoms with E-state index in [4.69, 9.17) is 29.3 Å². The number of methoxy groups -OCH3 is 1. The van der Waals surface area contributed by atoms with Gasteiger partial charge >= 0.3 is 30.3 Å². The van der Waals surface area contributed by atoms with E-state index in [-0.39, 0.29) is 5.91 Å². The van der Waals surface area contributed by atoms with Crippen molar-refractivity contribution in [1.29, 1.82) is 0 Å². The number of alkyl halides is 6. The number of carbonyl (C=O) groups excluding carboxylic acids is 2. The fraction of sp³-hybridized carbons (Fsp3) is 0.367. The minimum Gasteiger partial charge on any atom is -0.497 e. The summed E-state index contributed by atoms with van der Waals surface area (Å²) in [6, 6.07) is 11.2. The molecule has 12 nitrogen and oxygen atoms in total. The SMILES string of the molecule is CCc1c(C(=O)OC(C)(C)C)[nH]c(CNc2ccc(OC)cc2)c1C(=O)NCc1cccnc1.O=C(O)C(F)(F)F.O=C(O)C(F)(F)F. The van der Waals surface area contributed by atoms with Gasteiger partial charge in [0, 0.05) is 30.3 Å². The predicted octanol–water partition coefficient (Wildman–Crippen LogP) is 5.74.